The van der Waals surface area contributed by atoms with Gasteiger partial charge in [0.1, 0.15) is 17.1 Å². The minimum absolute atomic E-state index is 0.0295. The third-order valence-corrected chi connectivity index (χ3v) is 6.68. The van der Waals surface area contributed by atoms with Crippen molar-refractivity contribution in [2.75, 3.05) is 13.4 Å². The van der Waals surface area contributed by atoms with Gasteiger partial charge >= 0.3 is 0 Å². The van der Waals surface area contributed by atoms with E-state index in [1.165, 1.54) is 12.1 Å². The Morgan fingerprint density at radius 2 is 1.81 bits per heavy atom. The topological polar surface area (TPSA) is 78.2 Å². The Labute approximate surface area is 212 Å². The zero-order chi connectivity index (χ0) is 25.5. The van der Waals surface area contributed by atoms with Crippen molar-refractivity contribution in [2.45, 2.75) is 32.4 Å². The van der Waals surface area contributed by atoms with Crippen molar-refractivity contribution in [3.8, 4) is 17.2 Å². The molecule has 0 unspecified atom stereocenters. The molecule has 188 valence electrons. The maximum absolute atomic E-state index is 14.0. The van der Waals surface area contributed by atoms with Crippen molar-refractivity contribution < 1.29 is 27.8 Å². The van der Waals surface area contributed by atoms with E-state index in [9.17, 15) is 14.0 Å². The molecule has 0 radical (unpaired) electrons. The number of nitrogens with zero attached hydrogens (tertiary/aromatic N) is 1. The molecule has 0 spiro atoms. The highest BCUT2D eigenvalue weighted by Gasteiger charge is 2.43. The first-order valence-electron chi connectivity index (χ1n) is 12.2. The van der Waals surface area contributed by atoms with Gasteiger partial charge in [0.25, 0.3) is 5.91 Å². The summed E-state index contributed by atoms with van der Waals surface area (Å²) in [5.74, 6) is 0.952. The summed E-state index contributed by atoms with van der Waals surface area (Å²) >= 11 is 0. The van der Waals surface area contributed by atoms with Crippen LogP contribution in [0.4, 0.5) is 4.39 Å². The van der Waals surface area contributed by atoms with E-state index in [2.05, 4.69) is 6.92 Å². The molecule has 37 heavy (non-hydrogen) atoms. The van der Waals surface area contributed by atoms with Crippen molar-refractivity contribution in [3.63, 3.8) is 0 Å². The van der Waals surface area contributed by atoms with E-state index in [1.54, 1.807) is 11.0 Å². The van der Waals surface area contributed by atoms with Gasteiger partial charge in [-0.1, -0.05) is 31.5 Å². The molecule has 1 atom stereocenters. The molecule has 0 N–H and O–H groups in total. The molecule has 8 heteroatoms. The molecule has 3 aromatic carbocycles. The van der Waals surface area contributed by atoms with Gasteiger partial charge in [-0.2, -0.15) is 0 Å². The summed E-state index contributed by atoms with van der Waals surface area (Å²) in [4.78, 5) is 28.9. The van der Waals surface area contributed by atoms with Crippen LogP contribution < -0.4 is 19.6 Å². The predicted molar refractivity (Wildman–Crippen MR) is 134 cm³/mol. The number of unbranched alkanes of at least 4 members (excludes halogenated alkanes) is 1. The Balaban J connectivity index is 1.44. The second-order valence-electron chi connectivity index (χ2n) is 9.11. The highest BCUT2D eigenvalue weighted by molar-refractivity contribution is 5.99. The molecule has 0 saturated heterocycles. The molecule has 0 bridgehead atoms. The fraction of sp³-hybridized carbons (Fsp3) is 0.241. The highest BCUT2D eigenvalue weighted by Crippen LogP contribution is 2.41. The van der Waals surface area contributed by atoms with Crippen LogP contribution in [-0.2, 0) is 6.54 Å². The van der Waals surface area contributed by atoms with E-state index >= 15 is 0 Å². The van der Waals surface area contributed by atoms with Crippen LogP contribution in [0.1, 0.15) is 53.1 Å². The Hall–Kier alpha value is -4.33. The monoisotopic (exact) mass is 501 g/mol. The van der Waals surface area contributed by atoms with Gasteiger partial charge in [-0.05, 0) is 60.0 Å². The Kier molecular flexibility index (Phi) is 5.79. The van der Waals surface area contributed by atoms with Gasteiger partial charge in [0.05, 0.1) is 23.6 Å². The molecule has 2 aliphatic heterocycles. The number of halogens is 1. The van der Waals surface area contributed by atoms with Gasteiger partial charge in [0, 0.05) is 6.54 Å². The van der Waals surface area contributed by atoms with Gasteiger partial charge in [0.2, 0.25) is 12.6 Å². The minimum atomic E-state index is -0.721. The van der Waals surface area contributed by atoms with Gasteiger partial charge < -0.3 is 23.5 Å². The first-order chi connectivity index (χ1) is 18.0. The number of hydrogen-bond acceptors (Lipinski definition) is 6. The fourth-order valence-electron chi connectivity index (χ4n) is 4.82. The molecule has 1 aromatic heterocycles. The summed E-state index contributed by atoms with van der Waals surface area (Å²) in [5.41, 5.74) is 1.47. The fourth-order valence-corrected chi connectivity index (χ4v) is 4.82. The van der Waals surface area contributed by atoms with Gasteiger partial charge in [-0.3, -0.25) is 9.59 Å². The minimum Gasteiger partial charge on any atom is -0.494 e. The molecule has 6 rings (SSSR count). The smallest absolute Gasteiger partial charge is 0.291 e. The maximum Gasteiger partial charge on any atom is 0.291 e. The SMILES string of the molecule is CCCCOc1ccc([C@H]2c3c(oc4ccc(F)cc4c3=O)C(=O)N2Cc2ccc3c(c2)OCO3)cc1. The summed E-state index contributed by atoms with van der Waals surface area (Å²) in [6, 6.07) is 15.8. The number of hydrogen-bond donors (Lipinski definition) is 0. The second kappa shape index (κ2) is 9.28. The van der Waals surface area contributed by atoms with Gasteiger partial charge in [0.15, 0.2) is 16.9 Å². The van der Waals surface area contributed by atoms with Crippen LogP contribution >= 0.6 is 0 Å². The first kappa shape index (κ1) is 23.1. The van der Waals surface area contributed by atoms with E-state index in [4.69, 9.17) is 18.6 Å². The van der Waals surface area contributed by atoms with Crippen LogP contribution in [-0.4, -0.2) is 24.2 Å². The predicted octanol–water partition coefficient (Wildman–Crippen LogP) is 5.59. The summed E-state index contributed by atoms with van der Waals surface area (Å²) in [6.45, 7) is 3.04. The number of carbonyl (C=O) groups excluding carboxylic acids is 1. The quantitative estimate of drug-likeness (QED) is 0.308. The molecule has 2 aliphatic rings. The van der Waals surface area contributed by atoms with Gasteiger partial charge in [-0.25, -0.2) is 4.39 Å². The van der Waals surface area contributed by atoms with E-state index in [0.29, 0.717) is 23.9 Å². The van der Waals surface area contributed by atoms with Gasteiger partial charge in [-0.15, -0.1) is 0 Å². The zero-order valence-corrected chi connectivity index (χ0v) is 20.2. The lowest BCUT2D eigenvalue weighted by atomic mass is 9.98. The van der Waals surface area contributed by atoms with Crippen molar-refractivity contribution >= 4 is 16.9 Å². The summed E-state index contributed by atoms with van der Waals surface area (Å²) in [7, 11) is 0. The normalized spacial score (nSPS) is 15.9. The number of benzene rings is 3. The number of ether oxygens (including phenoxy) is 3. The second-order valence-corrected chi connectivity index (χ2v) is 9.11. The molecule has 0 fully saturated rings. The van der Waals surface area contributed by atoms with E-state index < -0.39 is 23.2 Å². The first-order valence-corrected chi connectivity index (χ1v) is 12.2. The van der Waals surface area contributed by atoms with Crippen molar-refractivity contribution in [1.29, 1.82) is 0 Å². The van der Waals surface area contributed by atoms with E-state index in [-0.39, 0.29) is 35.6 Å². The highest BCUT2D eigenvalue weighted by atomic mass is 19.1. The van der Waals surface area contributed by atoms with Crippen molar-refractivity contribution in [1.82, 2.24) is 4.90 Å². The number of carbonyl (C=O) groups is 1. The molecule has 3 heterocycles. The van der Waals surface area contributed by atoms with Crippen LogP contribution in [0.5, 0.6) is 17.2 Å². The lowest BCUT2D eigenvalue weighted by molar-refractivity contribution is 0.0714. The average Bonchev–Trinajstić information content (AvgIpc) is 3.48. The van der Waals surface area contributed by atoms with Crippen LogP contribution in [0, 0.1) is 5.82 Å². The van der Waals surface area contributed by atoms with Crippen LogP contribution in [0.2, 0.25) is 0 Å². The number of rotatable bonds is 7. The Morgan fingerprint density at radius 3 is 2.62 bits per heavy atom. The van der Waals surface area contributed by atoms with Crippen molar-refractivity contribution in [2.24, 2.45) is 0 Å². The molecular weight excluding hydrogens is 477 g/mol. The van der Waals surface area contributed by atoms with Crippen LogP contribution in [0.25, 0.3) is 11.0 Å². The maximum atomic E-state index is 14.0. The molecule has 4 aromatic rings. The van der Waals surface area contributed by atoms with E-state index in [1.807, 2.05) is 36.4 Å². The third-order valence-electron chi connectivity index (χ3n) is 6.68. The number of fused-ring (bicyclic) bond motifs is 3. The third kappa shape index (κ3) is 4.08. The molecular formula is C29H24FNO6. The lowest BCUT2D eigenvalue weighted by Crippen LogP contribution is -2.29. The Bertz CT molecular complexity index is 1560. The Morgan fingerprint density at radius 1 is 1.00 bits per heavy atom. The van der Waals surface area contributed by atoms with Crippen LogP contribution in [0.15, 0.2) is 69.9 Å². The lowest BCUT2D eigenvalue weighted by Gasteiger charge is -2.25. The summed E-state index contributed by atoms with van der Waals surface area (Å²) < 4.78 is 36.6. The van der Waals surface area contributed by atoms with Crippen molar-refractivity contribution in [3.05, 3.63) is 99.2 Å². The molecule has 1 amide bonds. The molecule has 0 saturated carbocycles. The molecule has 7 nitrogen and oxygen atoms in total. The molecule has 0 aliphatic carbocycles. The largest absolute Gasteiger partial charge is 0.494 e. The zero-order valence-electron chi connectivity index (χ0n) is 20.2. The number of amides is 1. The standard InChI is InChI=1S/C29H24FNO6/c1-2-3-12-34-20-8-5-18(6-9-20)26-25-27(32)21-14-19(30)7-11-22(21)37-28(25)29(33)31(26)15-17-4-10-23-24(13-17)36-16-35-23/h4-11,13-14,26H,2-3,12,15-16H2,1H3/t26-/m0/s1. The summed E-state index contributed by atoms with van der Waals surface area (Å²) in [5, 5.41) is 0.0981. The van der Waals surface area contributed by atoms with E-state index in [0.717, 1.165) is 30.0 Å². The average molecular weight is 502 g/mol. The summed E-state index contributed by atoms with van der Waals surface area (Å²) in [6.07, 6.45) is 1.97. The van der Waals surface area contributed by atoms with Crippen LogP contribution in [0.3, 0.4) is 0 Å².